The van der Waals surface area contributed by atoms with Crippen molar-refractivity contribution in [2.75, 3.05) is 19.8 Å². The molecule has 20 heavy (non-hydrogen) atoms. The molecule has 1 N–H and O–H groups in total. The van der Waals surface area contributed by atoms with Crippen LogP contribution in [0.5, 0.6) is 0 Å². The van der Waals surface area contributed by atoms with Gasteiger partial charge in [-0.3, -0.25) is 10.2 Å². The lowest BCUT2D eigenvalue weighted by atomic mass is 9.96. The van der Waals surface area contributed by atoms with E-state index in [-0.39, 0.29) is 25.5 Å². The van der Waals surface area contributed by atoms with Gasteiger partial charge < -0.3 is 14.2 Å². The number of ether oxygens (including phenoxy) is 3. The molecule has 1 aliphatic heterocycles. The summed E-state index contributed by atoms with van der Waals surface area (Å²) in [7, 11) is 0. The van der Waals surface area contributed by atoms with Crippen LogP contribution >= 0.6 is 0 Å². The first-order valence-electron chi connectivity index (χ1n) is 6.40. The Bertz CT molecular complexity index is 420. The van der Waals surface area contributed by atoms with E-state index < -0.39 is 29.9 Å². The Hall–Kier alpha value is -2.12. The quantitative estimate of drug-likeness (QED) is 0.524. The Balaban J connectivity index is 2.93. The van der Waals surface area contributed by atoms with E-state index in [0.29, 0.717) is 0 Å². The molecule has 0 saturated heterocycles. The molecule has 0 fully saturated rings. The fraction of sp³-hybridized carbons (Fsp3) is 0.667. The van der Waals surface area contributed by atoms with Gasteiger partial charge in [0.1, 0.15) is 5.92 Å². The molecule has 0 aliphatic carbocycles. The number of nitrogens with zero attached hydrogens (tertiary/aromatic N) is 1. The standard InChI is InChI=1S/C12H18N2O6/c1-4-18-10(15)7-8(11(16)19-5-2)13-14-9(7)12(17)20-6-3/h7-8,13H,4-6H2,1-3H3/t7-,8-/m1/s1. The van der Waals surface area contributed by atoms with Gasteiger partial charge in [0, 0.05) is 0 Å². The number of carbonyl (C=O) groups is 3. The van der Waals surface area contributed by atoms with Crippen molar-refractivity contribution in [2.45, 2.75) is 26.8 Å². The molecule has 1 heterocycles. The van der Waals surface area contributed by atoms with E-state index in [1.54, 1.807) is 20.8 Å². The van der Waals surface area contributed by atoms with Gasteiger partial charge in [0.15, 0.2) is 11.8 Å². The Morgan fingerprint density at radius 2 is 1.55 bits per heavy atom. The zero-order valence-electron chi connectivity index (χ0n) is 11.7. The molecule has 0 spiro atoms. The topological polar surface area (TPSA) is 103 Å². The summed E-state index contributed by atoms with van der Waals surface area (Å²) in [4.78, 5) is 35.4. The van der Waals surface area contributed by atoms with Gasteiger partial charge in [0.05, 0.1) is 19.8 Å². The Labute approximate surface area is 116 Å². The van der Waals surface area contributed by atoms with Crippen molar-refractivity contribution in [2.24, 2.45) is 11.0 Å². The highest BCUT2D eigenvalue weighted by Crippen LogP contribution is 2.18. The van der Waals surface area contributed by atoms with Crippen molar-refractivity contribution in [3.63, 3.8) is 0 Å². The average Bonchev–Trinajstić information content (AvgIpc) is 2.84. The highest BCUT2D eigenvalue weighted by atomic mass is 16.5. The molecule has 1 rings (SSSR count). The van der Waals surface area contributed by atoms with E-state index in [0.717, 1.165) is 0 Å². The number of esters is 3. The van der Waals surface area contributed by atoms with Crippen molar-refractivity contribution in [1.82, 2.24) is 5.43 Å². The second kappa shape index (κ2) is 7.46. The monoisotopic (exact) mass is 286 g/mol. The molecule has 0 aromatic heterocycles. The molecule has 112 valence electrons. The predicted octanol–water partition coefficient (Wildman–Crippen LogP) is -0.380. The van der Waals surface area contributed by atoms with Crippen LogP contribution in [0.25, 0.3) is 0 Å². The van der Waals surface area contributed by atoms with Gasteiger partial charge in [0.2, 0.25) is 0 Å². The van der Waals surface area contributed by atoms with Crippen LogP contribution in [0.2, 0.25) is 0 Å². The SMILES string of the molecule is CCOC(=O)C1=NN[C@@H](C(=O)OCC)[C@H]1C(=O)OCC. The Kier molecular flexibility index (Phi) is 5.95. The Morgan fingerprint density at radius 1 is 1.00 bits per heavy atom. The van der Waals surface area contributed by atoms with Crippen molar-refractivity contribution in [3.8, 4) is 0 Å². The van der Waals surface area contributed by atoms with Gasteiger partial charge in [-0.2, -0.15) is 5.10 Å². The molecule has 0 bridgehead atoms. The number of hydrogen-bond acceptors (Lipinski definition) is 8. The van der Waals surface area contributed by atoms with Crippen LogP contribution in [-0.2, 0) is 28.6 Å². The maximum Gasteiger partial charge on any atom is 0.355 e. The summed E-state index contributed by atoms with van der Waals surface area (Å²) in [6, 6.07) is -1.08. The smallest absolute Gasteiger partial charge is 0.355 e. The molecule has 0 unspecified atom stereocenters. The minimum absolute atomic E-state index is 0.126. The summed E-state index contributed by atoms with van der Waals surface area (Å²) in [5.41, 5.74) is 2.25. The number of hydrazone groups is 1. The molecule has 0 radical (unpaired) electrons. The molecule has 0 aromatic carbocycles. The van der Waals surface area contributed by atoms with E-state index in [1.807, 2.05) is 0 Å². The van der Waals surface area contributed by atoms with E-state index >= 15 is 0 Å². The normalized spacial score (nSPS) is 20.6. The van der Waals surface area contributed by atoms with Crippen LogP contribution in [0.1, 0.15) is 20.8 Å². The van der Waals surface area contributed by atoms with Gasteiger partial charge in [-0.15, -0.1) is 0 Å². The van der Waals surface area contributed by atoms with Crippen LogP contribution in [0, 0.1) is 5.92 Å². The molecular formula is C12H18N2O6. The van der Waals surface area contributed by atoms with Gasteiger partial charge in [-0.1, -0.05) is 0 Å². The van der Waals surface area contributed by atoms with Crippen LogP contribution in [-0.4, -0.2) is 49.5 Å². The maximum absolute atomic E-state index is 11.9. The van der Waals surface area contributed by atoms with Crippen molar-refractivity contribution in [3.05, 3.63) is 0 Å². The Morgan fingerprint density at radius 3 is 2.10 bits per heavy atom. The van der Waals surface area contributed by atoms with Crippen molar-refractivity contribution >= 4 is 23.6 Å². The number of rotatable bonds is 6. The molecule has 1 aliphatic rings. The van der Waals surface area contributed by atoms with Crippen molar-refractivity contribution < 1.29 is 28.6 Å². The summed E-state index contributed by atoms with van der Waals surface area (Å²) in [6.07, 6.45) is 0. The van der Waals surface area contributed by atoms with Gasteiger partial charge in [-0.05, 0) is 20.8 Å². The molecule has 8 nitrogen and oxygen atoms in total. The lowest BCUT2D eigenvalue weighted by molar-refractivity contribution is -0.154. The molecule has 0 aromatic rings. The van der Waals surface area contributed by atoms with Crippen LogP contribution < -0.4 is 5.43 Å². The van der Waals surface area contributed by atoms with Crippen LogP contribution in [0.4, 0.5) is 0 Å². The number of hydrogen-bond donors (Lipinski definition) is 1. The first-order chi connectivity index (χ1) is 9.56. The zero-order valence-corrected chi connectivity index (χ0v) is 11.7. The van der Waals surface area contributed by atoms with Gasteiger partial charge in [0.25, 0.3) is 0 Å². The number of carbonyl (C=O) groups excluding carboxylic acids is 3. The van der Waals surface area contributed by atoms with E-state index in [1.165, 1.54) is 0 Å². The molecule has 0 amide bonds. The first kappa shape index (κ1) is 15.9. The third-order valence-corrected chi connectivity index (χ3v) is 2.52. The van der Waals surface area contributed by atoms with E-state index in [2.05, 4.69) is 10.5 Å². The summed E-state index contributed by atoms with van der Waals surface area (Å²) in [5, 5.41) is 3.71. The van der Waals surface area contributed by atoms with Gasteiger partial charge in [-0.25, -0.2) is 9.59 Å². The summed E-state index contributed by atoms with van der Waals surface area (Å²) < 4.78 is 14.5. The van der Waals surface area contributed by atoms with Crippen LogP contribution in [0.3, 0.4) is 0 Å². The zero-order chi connectivity index (χ0) is 15.1. The second-order valence-electron chi connectivity index (χ2n) is 3.81. The highest BCUT2D eigenvalue weighted by Gasteiger charge is 2.47. The summed E-state index contributed by atoms with van der Waals surface area (Å²) >= 11 is 0. The van der Waals surface area contributed by atoms with Crippen molar-refractivity contribution in [1.29, 1.82) is 0 Å². The highest BCUT2D eigenvalue weighted by molar-refractivity contribution is 6.42. The molecular weight excluding hydrogens is 268 g/mol. The number of nitrogens with one attached hydrogen (secondary N) is 1. The molecule has 2 atom stereocenters. The lowest BCUT2D eigenvalue weighted by Gasteiger charge is -2.17. The van der Waals surface area contributed by atoms with E-state index in [4.69, 9.17) is 14.2 Å². The maximum atomic E-state index is 11.9. The summed E-state index contributed by atoms with van der Waals surface area (Å²) in [5.74, 6) is -3.31. The van der Waals surface area contributed by atoms with Crippen LogP contribution in [0.15, 0.2) is 5.10 Å². The second-order valence-corrected chi connectivity index (χ2v) is 3.81. The summed E-state index contributed by atoms with van der Waals surface area (Å²) in [6.45, 7) is 5.31. The minimum Gasteiger partial charge on any atom is -0.465 e. The first-order valence-corrected chi connectivity index (χ1v) is 6.40. The fourth-order valence-electron chi connectivity index (χ4n) is 1.72. The fourth-order valence-corrected chi connectivity index (χ4v) is 1.72. The minimum atomic E-state index is -1.16. The molecule has 8 heteroatoms. The third-order valence-electron chi connectivity index (χ3n) is 2.52. The largest absolute Gasteiger partial charge is 0.465 e. The third kappa shape index (κ3) is 3.46. The lowest BCUT2D eigenvalue weighted by Crippen LogP contribution is -2.45. The van der Waals surface area contributed by atoms with E-state index in [9.17, 15) is 14.4 Å². The molecule has 0 saturated carbocycles. The average molecular weight is 286 g/mol. The predicted molar refractivity (Wildman–Crippen MR) is 67.7 cm³/mol. The van der Waals surface area contributed by atoms with Gasteiger partial charge >= 0.3 is 17.9 Å².